The average Bonchev–Trinajstić information content (AvgIpc) is 2.78. The highest BCUT2D eigenvalue weighted by atomic mass is 32.2. The molecule has 33 heavy (non-hydrogen) atoms. The second-order valence-corrected chi connectivity index (χ2v) is 13.1. The van der Waals surface area contributed by atoms with Crippen molar-refractivity contribution in [2.24, 2.45) is 17.8 Å². The summed E-state index contributed by atoms with van der Waals surface area (Å²) in [7, 11) is -3.65. The Balaban J connectivity index is 1.47. The number of carbonyl (C=O) groups excluding carboxylic acids is 1. The molecule has 0 aromatic rings. The summed E-state index contributed by atoms with van der Waals surface area (Å²) in [5.74, 6) is 0.819. The van der Waals surface area contributed by atoms with Crippen LogP contribution in [0.3, 0.4) is 0 Å². The molecule has 7 nitrogen and oxygen atoms in total. The third-order valence-electron chi connectivity index (χ3n) is 8.63. The van der Waals surface area contributed by atoms with Gasteiger partial charge in [0.2, 0.25) is 15.9 Å². The Morgan fingerprint density at radius 2 is 1.73 bits per heavy atom. The molecule has 6 atom stereocenters. The van der Waals surface area contributed by atoms with Crippen molar-refractivity contribution < 1.29 is 27.4 Å². The molecule has 3 saturated carbocycles. The minimum atomic E-state index is -3.65. The third kappa shape index (κ3) is 5.41. The number of fused-ring (bicyclic) bond motifs is 1. The molecule has 0 aromatic carbocycles. The maximum absolute atomic E-state index is 13.7. The number of halogens is 1. The minimum absolute atomic E-state index is 0.00793. The van der Waals surface area contributed by atoms with Crippen LogP contribution in [0.4, 0.5) is 4.39 Å². The van der Waals surface area contributed by atoms with Gasteiger partial charge in [-0.1, -0.05) is 20.3 Å². The van der Waals surface area contributed by atoms with Gasteiger partial charge in [0, 0.05) is 18.5 Å². The SMILES string of the molecule is CC1CCCC(C)C1C(=O)NC1CCC2O[C@@H](CO)CN(S(=O)(=O)C3CCC(F)CC3)C2C1. The molecule has 1 aliphatic heterocycles. The molecule has 0 radical (unpaired) electrons. The van der Waals surface area contributed by atoms with Crippen LogP contribution in [-0.2, 0) is 19.6 Å². The number of carbonyl (C=O) groups is 1. The fraction of sp³-hybridized carbons (Fsp3) is 0.958. The fourth-order valence-corrected chi connectivity index (χ4v) is 8.96. The molecule has 190 valence electrons. The molecule has 4 rings (SSSR count). The lowest BCUT2D eigenvalue weighted by atomic mass is 9.73. The molecule has 1 amide bonds. The zero-order chi connectivity index (χ0) is 23.8. The molecule has 0 spiro atoms. The van der Waals surface area contributed by atoms with E-state index in [2.05, 4.69) is 19.2 Å². The van der Waals surface area contributed by atoms with E-state index >= 15 is 0 Å². The third-order valence-corrected chi connectivity index (χ3v) is 11.0. The van der Waals surface area contributed by atoms with Gasteiger partial charge in [0.25, 0.3) is 0 Å². The van der Waals surface area contributed by atoms with E-state index in [0.29, 0.717) is 37.5 Å². The Kier molecular flexibility index (Phi) is 8.03. The average molecular weight is 489 g/mol. The van der Waals surface area contributed by atoms with Crippen molar-refractivity contribution in [2.75, 3.05) is 13.2 Å². The number of aliphatic hydroxyl groups is 1. The molecule has 4 fully saturated rings. The maximum atomic E-state index is 13.7. The van der Waals surface area contributed by atoms with Crippen LogP contribution >= 0.6 is 0 Å². The van der Waals surface area contributed by atoms with E-state index in [0.717, 1.165) is 19.3 Å². The van der Waals surface area contributed by atoms with Gasteiger partial charge in [0.05, 0.1) is 30.1 Å². The lowest BCUT2D eigenvalue weighted by Gasteiger charge is -2.49. The van der Waals surface area contributed by atoms with E-state index in [1.807, 2.05) is 0 Å². The first-order valence-corrected chi connectivity index (χ1v) is 14.4. The van der Waals surface area contributed by atoms with Crippen LogP contribution in [0, 0.1) is 17.8 Å². The number of amides is 1. The van der Waals surface area contributed by atoms with E-state index in [4.69, 9.17) is 4.74 Å². The molecular weight excluding hydrogens is 447 g/mol. The number of nitrogens with zero attached hydrogens (tertiary/aromatic N) is 1. The maximum Gasteiger partial charge on any atom is 0.223 e. The van der Waals surface area contributed by atoms with Crippen molar-refractivity contribution in [1.82, 2.24) is 9.62 Å². The van der Waals surface area contributed by atoms with Gasteiger partial charge in [-0.05, 0) is 69.6 Å². The van der Waals surface area contributed by atoms with Crippen molar-refractivity contribution in [1.29, 1.82) is 0 Å². The second kappa shape index (κ2) is 10.5. The van der Waals surface area contributed by atoms with Gasteiger partial charge < -0.3 is 15.2 Å². The molecule has 2 N–H and O–H groups in total. The van der Waals surface area contributed by atoms with Gasteiger partial charge in [0.1, 0.15) is 6.17 Å². The predicted molar refractivity (Wildman–Crippen MR) is 124 cm³/mol. The van der Waals surface area contributed by atoms with Gasteiger partial charge >= 0.3 is 0 Å². The first-order chi connectivity index (χ1) is 15.7. The summed E-state index contributed by atoms with van der Waals surface area (Å²) >= 11 is 0. The van der Waals surface area contributed by atoms with Crippen molar-refractivity contribution in [3.8, 4) is 0 Å². The number of sulfonamides is 1. The normalized spacial score (nSPS) is 43.0. The number of aliphatic hydroxyl groups excluding tert-OH is 1. The zero-order valence-corrected chi connectivity index (χ0v) is 20.8. The van der Waals surface area contributed by atoms with E-state index in [1.165, 1.54) is 10.7 Å². The predicted octanol–water partition coefficient (Wildman–Crippen LogP) is 2.77. The Morgan fingerprint density at radius 1 is 1.06 bits per heavy atom. The Morgan fingerprint density at radius 3 is 2.36 bits per heavy atom. The lowest BCUT2D eigenvalue weighted by molar-refractivity contribution is -0.136. The molecular formula is C24H41FN2O5S. The molecule has 5 unspecified atom stereocenters. The topological polar surface area (TPSA) is 95.9 Å². The first kappa shape index (κ1) is 25.3. The van der Waals surface area contributed by atoms with Crippen LogP contribution in [0.25, 0.3) is 0 Å². The Labute approximate surface area is 197 Å². The summed E-state index contributed by atoms with van der Waals surface area (Å²) in [5, 5.41) is 12.4. The van der Waals surface area contributed by atoms with E-state index in [1.54, 1.807) is 0 Å². The lowest BCUT2D eigenvalue weighted by Crippen LogP contribution is -2.63. The smallest absolute Gasteiger partial charge is 0.223 e. The molecule has 4 aliphatic rings. The highest BCUT2D eigenvalue weighted by Crippen LogP contribution is 2.38. The Bertz CT molecular complexity index is 778. The highest BCUT2D eigenvalue weighted by molar-refractivity contribution is 7.89. The van der Waals surface area contributed by atoms with Gasteiger partial charge in [-0.3, -0.25) is 4.79 Å². The van der Waals surface area contributed by atoms with Gasteiger partial charge in [-0.2, -0.15) is 4.31 Å². The minimum Gasteiger partial charge on any atom is -0.394 e. The largest absolute Gasteiger partial charge is 0.394 e. The van der Waals surface area contributed by atoms with Crippen molar-refractivity contribution in [2.45, 2.75) is 114 Å². The second-order valence-electron chi connectivity index (χ2n) is 11.0. The van der Waals surface area contributed by atoms with Crippen molar-refractivity contribution >= 4 is 15.9 Å². The monoisotopic (exact) mass is 488 g/mol. The van der Waals surface area contributed by atoms with Crippen molar-refractivity contribution in [3.63, 3.8) is 0 Å². The van der Waals surface area contributed by atoms with E-state index in [-0.39, 0.29) is 56.0 Å². The standard InChI is InChI=1S/C24H41FN2O5S/c1-15-4-3-5-16(2)23(15)24(29)26-18-8-11-22-21(12-18)27(13-19(14-28)32-22)33(30,31)20-9-6-17(25)7-10-20/h15-23,28H,3-14H2,1-2H3,(H,26,29)/t15?,16?,17?,18?,19-,20?,21?,22?,23?/m1/s1. The number of hydrogen-bond donors (Lipinski definition) is 2. The van der Waals surface area contributed by atoms with Crippen LogP contribution in [0.2, 0.25) is 0 Å². The number of morpholine rings is 1. The number of rotatable bonds is 5. The Hall–Kier alpha value is -0.770. The molecule has 1 heterocycles. The quantitative estimate of drug-likeness (QED) is 0.620. The molecule has 3 aliphatic carbocycles. The summed E-state index contributed by atoms with van der Waals surface area (Å²) < 4.78 is 48.4. The fourth-order valence-electron chi connectivity index (χ4n) is 6.74. The molecule has 9 heteroatoms. The van der Waals surface area contributed by atoms with Crippen molar-refractivity contribution in [3.05, 3.63) is 0 Å². The molecule has 0 aromatic heterocycles. The van der Waals surface area contributed by atoms with Crippen LogP contribution in [0.5, 0.6) is 0 Å². The van der Waals surface area contributed by atoms with Crippen LogP contribution in [0.15, 0.2) is 0 Å². The van der Waals surface area contributed by atoms with E-state index in [9.17, 15) is 22.7 Å². The summed E-state index contributed by atoms with van der Waals surface area (Å²) in [5.41, 5.74) is 0. The number of ether oxygens (including phenoxy) is 1. The van der Waals surface area contributed by atoms with Crippen LogP contribution in [0.1, 0.15) is 78.1 Å². The first-order valence-electron chi connectivity index (χ1n) is 12.9. The summed E-state index contributed by atoms with van der Waals surface area (Å²) in [6, 6.07) is -0.449. The highest BCUT2D eigenvalue weighted by Gasteiger charge is 2.48. The van der Waals surface area contributed by atoms with E-state index < -0.39 is 27.5 Å². The molecule has 1 saturated heterocycles. The number of nitrogens with one attached hydrogen (secondary N) is 1. The van der Waals surface area contributed by atoms with Gasteiger partial charge in [-0.15, -0.1) is 0 Å². The zero-order valence-electron chi connectivity index (χ0n) is 20.0. The van der Waals surface area contributed by atoms with Gasteiger partial charge in [-0.25, -0.2) is 12.8 Å². The van der Waals surface area contributed by atoms with Gasteiger partial charge in [0.15, 0.2) is 0 Å². The summed E-state index contributed by atoms with van der Waals surface area (Å²) in [4.78, 5) is 13.2. The summed E-state index contributed by atoms with van der Waals surface area (Å²) in [6.07, 6.45) is 4.68. The van der Waals surface area contributed by atoms with Crippen LogP contribution < -0.4 is 5.32 Å². The number of hydrogen-bond acceptors (Lipinski definition) is 5. The summed E-state index contributed by atoms with van der Waals surface area (Å²) in [6.45, 7) is 4.19. The molecule has 0 bridgehead atoms. The number of alkyl halides is 1. The van der Waals surface area contributed by atoms with Crippen LogP contribution in [-0.4, -0.2) is 72.6 Å².